The van der Waals surface area contributed by atoms with Crippen molar-refractivity contribution in [3.63, 3.8) is 0 Å². The molecule has 0 aliphatic carbocycles. The third kappa shape index (κ3) is 3.31. The summed E-state index contributed by atoms with van der Waals surface area (Å²) in [6.07, 6.45) is 2.09. The van der Waals surface area contributed by atoms with E-state index in [1.165, 1.54) is 4.70 Å². The summed E-state index contributed by atoms with van der Waals surface area (Å²) in [7, 11) is 0. The Morgan fingerprint density at radius 2 is 2.04 bits per heavy atom. The van der Waals surface area contributed by atoms with Crippen LogP contribution in [0.1, 0.15) is 34.3 Å². The lowest BCUT2D eigenvalue weighted by atomic mass is 9.98. The number of hydrogen-bond acceptors (Lipinski definition) is 6. The standard InChI is InChI=1S/C20H17N3OS3/c24-20(15-12-26-19(22-15)17-8-4-10-25-17)23-9-3-5-13(11-23)18-21-14-6-1-2-7-16(14)27-18/h1-2,4,6-8,10,12-13H,3,5,9,11H2/t13-/m0/s1. The molecule has 0 saturated carbocycles. The zero-order valence-corrected chi connectivity index (χ0v) is 16.9. The highest BCUT2D eigenvalue weighted by atomic mass is 32.1. The summed E-state index contributed by atoms with van der Waals surface area (Å²) in [5.41, 5.74) is 1.62. The second-order valence-corrected chi connectivity index (χ2v) is 9.49. The molecule has 1 atom stereocenters. The quantitative estimate of drug-likeness (QED) is 0.447. The van der Waals surface area contributed by atoms with Crippen LogP contribution < -0.4 is 0 Å². The molecule has 136 valence electrons. The zero-order valence-electron chi connectivity index (χ0n) is 14.5. The Bertz CT molecular complexity index is 1050. The van der Waals surface area contributed by atoms with Crippen LogP contribution in [0.25, 0.3) is 20.1 Å². The Morgan fingerprint density at radius 1 is 1.11 bits per heavy atom. The van der Waals surface area contributed by atoms with Crippen molar-refractivity contribution in [2.24, 2.45) is 0 Å². The van der Waals surface area contributed by atoms with Gasteiger partial charge in [-0.05, 0) is 36.4 Å². The molecule has 3 aromatic heterocycles. The topological polar surface area (TPSA) is 46.1 Å². The second kappa shape index (κ2) is 7.14. The van der Waals surface area contributed by atoms with Crippen molar-refractivity contribution < 1.29 is 4.79 Å². The van der Waals surface area contributed by atoms with Crippen molar-refractivity contribution in [2.75, 3.05) is 13.1 Å². The van der Waals surface area contributed by atoms with Gasteiger partial charge in [0, 0.05) is 24.4 Å². The van der Waals surface area contributed by atoms with Crippen LogP contribution in [-0.4, -0.2) is 33.9 Å². The highest BCUT2D eigenvalue weighted by Gasteiger charge is 2.28. The van der Waals surface area contributed by atoms with Gasteiger partial charge in [0.05, 0.1) is 20.1 Å². The van der Waals surface area contributed by atoms with Gasteiger partial charge in [-0.3, -0.25) is 4.79 Å². The molecule has 0 spiro atoms. The summed E-state index contributed by atoms with van der Waals surface area (Å²) in [6.45, 7) is 1.52. The van der Waals surface area contributed by atoms with E-state index in [0.717, 1.165) is 46.3 Å². The molecule has 4 nitrogen and oxygen atoms in total. The number of aromatic nitrogens is 2. The van der Waals surface area contributed by atoms with E-state index in [0.29, 0.717) is 11.6 Å². The minimum absolute atomic E-state index is 0.0415. The molecule has 7 heteroatoms. The van der Waals surface area contributed by atoms with E-state index in [1.54, 1.807) is 34.0 Å². The summed E-state index contributed by atoms with van der Waals surface area (Å²) in [5.74, 6) is 0.357. The maximum atomic E-state index is 13.0. The number of thiophene rings is 1. The molecule has 1 aliphatic rings. The van der Waals surface area contributed by atoms with Gasteiger partial charge in [0.1, 0.15) is 10.7 Å². The number of carbonyl (C=O) groups excluding carboxylic acids is 1. The van der Waals surface area contributed by atoms with Gasteiger partial charge in [0.25, 0.3) is 5.91 Å². The SMILES string of the molecule is O=C(c1csc(-c2cccs2)n1)N1CCC[C@H](c2nc3ccccc3s2)C1. The van der Waals surface area contributed by atoms with Crippen molar-refractivity contribution in [1.82, 2.24) is 14.9 Å². The third-order valence-electron chi connectivity index (χ3n) is 4.82. The highest BCUT2D eigenvalue weighted by Crippen LogP contribution is 2.34. The Labute approximate surface area is 169 Å². The first-order valence-electron chi connectivity index (χ1n) is 8.92. The van der Waals surface area contributed by atoms with Crippen molar-refractivity contribution in [3.05, 3.63) is 57.9 Å². The minimum atomic E-state index is 0.0415. The molecule has 1 aromatic carbocycles. The molecular weight excluding hydrogens is 394 g/mol. The molecule has 5 rings (SSSR count). The molecule has 1 fully saturated rings. The lowest BCUT2D eigenvalue weighted by Crippen LogP contribution is -2.39. The summed E-state index contributed by atoms with van der Waals surface area (Å²) >= 11 is 4.95. The number of amides is 1. The van der Waals surface area contributed by atoms with Crippen LogP contribution in [0, 0.1) is 0 Å². The van der Waals surface area contributed by atoms with Crippen molar-refractivity contribution >= 4 is 50.1 Å². The van der Waals surface area contributed by atoms with Crippen LogP contribution in [-0.2, 0) is 0 Å². The van der Waals surface area contributed by atoms with Crippen LogP contribution in [0.4, 0.5) is 0 Å². The Morgan fingerprint density at radius 3 is 2.89 bits per heavy atom. The lowest BCUT2D eigenvalue weighted by molar-refractivity contribution is 0.0702. The maximum absolute atomic E-state index is 13.0. The normalized spacial score (nSPS) is 17.5. The monoisotopic (exact) mass is 411 g/mol. The average molecular weight is 412 g/mol. The Kier molecular flexibility index (Phi) is 4.51. The summed E-state index contributed by atoms with van der Waals surface area (Å²) in [4.78, 5) is 25.5. The molecule has 1 saturated heterocycles. The van der Waals surface area contributed by atoms with Crippen molar-refractivity contribution in [1.29, 1.82) is 0 Å². The van der Waals surface area contributed by atoms with Gasteiger partial charge in [0.2, 0.25) is 0 Å². The number of hydrogen-bond donors (Lipinski definition) is 0. The molecule has 0 radical (unpaired) electrons. The van der Waals surface area contributed by atoms with Gasteiger partial charge in [-0.25, -0.2) is 9.97 Å². The Balaban J connectivity index is 1.35. The predicted octanol–water partition coefficient (Wildman–Crippen LogP) is 5.50. The van der Waals surface area contributed by atoms with Crippen LogP contribution in [0.2, 0.25) is 0 Å². The summed E-state index contributed by atoms with van der Waals surface area (Å²) < 4.78 is 1.22. The number of carbonyl (C=O) groups is 1. The molecule has 27 heavy (non-hydrogen) atoms. The van der Waals surface area contributed by atoms with Crippen LogP contribution in [0.3, 0.4) is 0 Å². The van der Waals surface area contributed by atoms with Gasteiger partial charge in [-0.1, -0.05) is 18.2 Å². The maximum Gasteiger partial charge on any atom is 0.273 e. The number of likely N-dealkylation sites (tertiary alicyclic amines) is 1. The van der Waals surface area contributed by atoms with Gasteiger partial charge >= 0.3 is 0 Å². The van der Waals surface area contributed by atoms with E-state index >= 15 is 0 Å². The molecular formula is C20H17N3OS3. The number of fused-ring (bicyclic) bond motifs is 1. The zero-order chi connectivity index (χ0) is 18.2. The van der Waals surface area contributed by atoms with Crippen LogP contribution in [0.5, 0.6) is 0 Å². The molecule has 0 N–H and O–H groups in total. The first-order chi connectivity index (χ1) is 13.3. The molecule has 0 bridgehead atoms. The number of rotatable bonds is 3. The number of para-hydroxylation sites is 1. The van der Waals surface area contributed by atoms with E-state index in [4.69, 9.17) is 4.98 Å². The molecule has 4 aromatic rings. The fourth-order valence-corrected chi connectivity index (χ4v) is 6.18. The largest absolute Gasteiger partial charge is 0.337 e. The summed E-state index contributed by atoms with van der Waals surface area (Å²) in [6, 6.07) is 12.3. The third-order valence-corrected chi connectivity index (χ3v) is 7.90. The smallest absolute Gasteiger partial charge is 0.273 e. The van der Waals surface area contributed by atoms with Crippen LogP contribution in [0.15, 0.2) is 47.2 Å². The first kappa shape index (κ1) is 17.0. The average Bonchev–Trinajstić information content (AvgIpc) is 3.47. The van der Waals surface area contributed by atoms with E-state index in [1.807, 2.05) is 33.9 Å². The lowest BCUT2D eigenvalue weighted by Gasteiger charge is -2.31. The predicted molar refractivity (Wildman–Crippen MR) is 113 cm³/mol. The fraction of sp³-hybridized carbons (Fsp3) is 0.250. The van der Waals surface area contributed by atoms with Crippen molar-refractivity contribution in [2.45, 2.75) is 18.8 Å². The van der Waals surface area contributed by atoms with Gasteiger partial charge in [-0.2, -0.15) is 0 Å². The second-order valence-electron chi connectivity index (χ2n) is 6.63. The number of thiazole rings is 2. The van der Waals surface area contributed by atoms with Gasteiger partial charge in [0.15, 0.2) is 0 Å². The number of benzene rings is 1. The number of nitrogens with zero attached hydrogens (tertiary/aromatic N) is 3. The van der Waals surface area contributed by atoms with E-state index in [9.17, 15) is 4.79 Å². The van der Waals surface area contributed by atoms with E-state index < -0.39 is 0 Å². The molecule has 4 heterocycles. The fourth-order valence-electron chi connectivity index (χ4n) is 3.48. The van der Waals surface area contributed by atoms with Crippen LogP contribution >= 0.6 is 34.0 Å². The van der Waals surface area contributed by atoms with E-state index in [-0.39, 0.29) is 5.91 Å². The van der Waals surface area contributed by atoms with E-state index in [2.05, 4.69) is 23.2 Å². The number of piperidine rings is 1. The molecule has 1 aliphatic heterocycles. The minimum Gasteiger partial charge on any atom is -0.337 e. The first-order valence-corrected chi connectivity index (χ1v) is 11.5. The van der Waals surface area contributed by atoms with Gasteiger partial charge in [-0.15, -0.1) is 34.0 Å². The Hall–Kier alpha value is -2.09. The molecule has 1 amide bonds. The van der Waals surface area contributed by atoms with Gasteiger partial charge < -0.3 is 4.90 Å². The van der Waals surface area contributed by atoms with Crippen molar-refractivity contribution in [3.8, 4) is 9.88 Å². The summed E-state index contributed by atoms with van der Waals surface area (Å²) in [5, 5.41) is 5.99. The molecule has 0 unspecified atom stereocenters. The highest BCUT2D eigenvalue weighted by molar-refractivity contribution is 7.20.